The summed E-state index contributed by atoms with van der Waals surface area (Å²) in [6, 6.07) is 3.27. The molecule has 0 heterocycles. The Labute approximate surface area is 112 Å². The van der Waals surface area contributed by atoms with Crippen LogP contribution in [0.3, 0.4) is 0 Å². The predicted octanol–water partition coefficient (Wildman–Crippen LogP) is 1.77. The van der Waals surface area contributed by atoms with Crippen molar-refractivity contribution in [2.45, 2.75) is 26.8 Å². The van der Waals surface area contributed by atoms with Gasteiger partial charge in [0.25, 0.3) is 5.91 Å². The number of carboxylic acid groups (broad SMARTS) is 1. The van der Waals surface area contributed by atoms with Gasteiger partial charge in [-0.25, -0.2) is 4.79 Å². The lowest BCUT2D eigenvalue weighted by molar-refractivity contribution is 0.0688. The van der Waals surface area contributed by atoms with Crippen molar-refractivity contribution in [3.05, 3.63) is 34.4 Å². The Morgan fingerprint density at radius 2 is 1.79 bits per heavy atom. The lowest BCUT2D eigenvalue weighted by Gasteiger charge is -2.16. The van der Waals surface area contributed by atoms with Crippen LogP contribution >= 0.6 is 0 Å². The van der Waals surface area contributed by atoms with E-state index in [9.17, 15) is 14.7 Å². The molecule has 5 heteroatoms. The van der Waals surface area contributed by atoms with Crippen molar-refractivity contribution in [3.63, 3.8) is 0 Å². The molecule has 1 atom stereocenters. The summed E-state index contributed by atoms with van der Waals surface area (Å²) in [7, 11) is 1.54. The van der Waals surface area contributed by atoms with Gasteiger partial charge in [0.15, 0.2) is 0 Å². The quantitative estimate of drug-likeness (QED) is 0.850. The second kappa shape index (κ2) is 6.33. The van der Waals surface area contributed by atoms with Crippen LogP contribution in [0, 0.1) is 13.8 Å². The third-order valence-electron chi connectivity index (χ3n) is 2.86. The molecule has 5 nitrogen and oxygen atoms in total. The van der Waals surface area contributed by atoms with Crippen LogP contribution in [-0.2, 0) is 4.74 Å². The molecule has 104 valence electrons. The van der Waals surface area contributed by atoms with Crippen LogP contribution in [0.4, 0.5) is 0 Å². The Morgan fingerprint density at radius 3 is 2.26 bits per heavy atom. The lowest BCUT2D eigenvalue weighted by Crippen LogP contribution is -2.37. The zero-order valence-corrected chi connectivity index (χ0v) is 11.6. The monoisotopic (exact) mass is 265 g/mol. The summed E-state index contributed by atoms with van der Waals surface area (Å²) >= 11 is 0. The summed E-state index contributed by atoms with van der Waals surface area (Å²) in [5.74, 6) is -1.48. The number of aryl methyl sites for hydroxylation is 2. The molecule has 0 aliphatic rings. The molecule has 0 fully saturated rings. The second-order valence-corrected chi connectivity index (χ2v) is 4.58. The Kier molecular flexibility index (Phi) is 5.06. The minimum atomic E-state index is -1.09. The molecular formula is C14H19NO4. The van der Waals surface area contributed by atoms with Gasteiger partial charge in [0.05, 0.1) is 17.7 Å². The molecule has 0 aliphatic carbocycles. The van der Waals surface area contributed by atoms with Gasteiger partial charge in [0.2, 0.25) is 0 Å². The zero-order chi connectivity index (χ0) is 14.6. The molecule has 0 aliphatic heterocycles. The van der Waals surface area contributed by atoms with Crippen molar-refractivity contribution >= 4 is 11.9 Å². The number of aromatic carboxylic acids is 1. The molecule has 1 unspecified atom stereocenters. The number of methoxy groups -OCH3 is 1. The SMILES string of the molecule is COCC(C)NC(=O)c1c(C)ccc(C)c1C(=O)O. The van der Waals surface area contributed by atoms with Crippen molar-refractivity contribution in [2.75, 3.05) is 13.7 Å². The van der Waals surface area contributed by atoms with Crippen molar-refractivity contribution in [1.82, 2.24) is 5.32 Å². The first-order chi connectivity index (χ1) is 8.88. The Hall–Kier alpha value is -1.88. The summed E-state index contributed by atoms with van der Waals surface area (Å²) in [4.78, 5) is 23.5. The van der Waals surface area contributed by atoms with E-state index >= 15 is 0 Å². The second-order valence-electron chi connectivity index (χ2n) is 4.58. The summed E-state index contributed by atoms with van der Waals surface area (Å²) in [6.45, 7) is 5.58. The first-order valence-corrected chi connectivity index (χ1v) is 6.01. The highest BCUT2D eigenvalue weighted by Gasteiger charge is 2.22. The van der Waals surface area contributed by atoms with E-state index in [2.05, 4.69) is 5.32 Å². The number of nitrogens with one attached hydrogen (secondary N) is 1. The minimum Gasteiger partial charge on any atom is -0.478 e. The zero-order valence-electron chi connectivity index (χ0n) is 11.6. The smallest absolute Gasteiger partial charge is 0.336 e. The number of rotatable bonds is 5. The number of amides is 1. The van der Waals surface area contributed by atoms with Crippen molar-refractivity contribution in [1.29, 1.82) is 0 Å². The van der Waals surface area contributed by atoms with Crippen LogP contribution in [0.1, 0.15) is 38.8 Å². The number of carboxylic acids is 1. The van der Waals surface area contributed by atoms with E-state index < -0.39 is 5.97 Å². The fraction of sp³-hybridized carbons (Fsp3) is 0.429. The number of hydrogen-bond donors (Lipinski definition) is 2. The molecule has 0 radical (unpaired) electrons. The van der Waals surface area contributed by atoms with Crippen LogP contribution in [0.2, 0.25) is 0 Å². The molecule has 0 saturated heterocycles. The van der Waals surface area contributed by atoms with E-state index in [0.717, 1.165) is 0 Å². The molecular weight excluding hydrogens is 246 g/mol. The molecule has 0 saturated carbocycles. The average molecular weight is 265 g/mol. The number of carbonyl (C=O) groups is 2. The summed E-state index contributed by atoms with van der Waals surface area (Å²) in [6.07, 6.45) is 0. The molecule has 0 spiro atoms. The number of benzene rings is 1. The Morgan fingerprint density at radius 1 is 1.26 bits per heavy atom. The maximum atomic E-state index is 12.2. The van der Waals surface area contributed by atoms with E-state index in [1.807, 2.05) is 0 Å². The Bertz CT molecular complexity index is 496. The maximum absolute atomic E-state index is 12.2. The lowest BCUT2D eigenvalue weighted by atomic mass is 9.96. The fourth-order valence-corrected chi connectivity index (χ4v) is 1.97. The first kappa shape index (κ1) is 15.2. The van der Waals surface area contributed by atoms with Gasteiger partial charge in [-0.3, -0.25) is 4.79 Å². The van der Waals surface area contributed by atoms with Gasteiger partial charge in [0.1, 0.15) is 0 Å². The van der Waals surface area contributed by atoms with E-state index in [-0.39, 0.29) is 23.1 Å². The highest BCUT2D eigenvalue weighted by atomic mass is 16.5. The van der Waals surface area contributed by atoms with E-state index in [1.165, 1.54) is 0 Å². The van der Waals surface area contributed by atoms with Gasteiger partial charge in [-0.1, -0.05) is 12.1 Å². The van der Waals surface area contributed by atoms with Crippen LogP contribution in [0.5, 0.6) is 0 Å². The standard InChI is InChI=1S/C14H19NO4/c1-8-5-6-9(2)12(14(17)18)11(8)13(16)15-10(3)7-19-4/h5-6,10H,7H2,1-4H3,(H,15,16)(H,17,18). The molecule has 1 amide bonds. The van der Waals surface area contributed by atoms with Crippen LogP contribution in [-0.4, -0.2) is 36.7 Å². The van der Waals surface area contributed by atoms with Crippen molar-refractivity contribution < 1.29 is 19.4 Å². The molecule has 1 rings (SSSR count). The Balaban J connectivity index is 3.15. The first-order valence-electron chi connectivity index (χ1n) is 6.01. The van der Waals surface area contributed by atoms with Crippen LogP contribution in [0.25, 0.3) is 0 Å². The van der Waals surface area contributed by atoms with Gasteiger partial charge in [-0.15, -0.1) is 0 Å². The topological polar surface area (TPSA) is 75.6 Å². The van der Waals surface area contributed by atoms with Crippen LogP contribution < -0.4 is 5.32 Å². The van der Waals surface area contributed by atoms with Crippen molar-refractivity contribution in [2.24, 2.45) is 0 Å². The fourth-order valence-electron chi connectivity index (χ4n) is 1.97. The molecule has 0 aromatic heterocycles. The average Bonchev–Trinajstić information content (AvgIpc) is 2.31. The molecule has 1 aromatic carbocycles. The number of carbonyl (C=O) groups excluding carboxylic acids is 1. The van der Waals surface area contributed by atoms with E-state index in [1.54, 1.807) is 40.0 Å². The normalized spacial score (nSPS) is 12.0. The highest BCUT2D eigenvalue weighted by Crippen LogP contribution is 2.19. The highest BCUT2D eigenvalue weighted by molar-refractivity contribution is 6.06. The van der Waals surface area contributed by atoms with E-state index in [0.29, 0.717) is 17.7 Å². The van der Waals surface area contributed by atoms with Gasteiger partial charge in [-0.05, 0) is 31.9 Å². The minimum absolute atomic E-state index is 0.0575. The van der Waals surface area contributed by atoms with Crippen molar-refractivity contribution in [3.8, 4) is 0 Å². The number of ether oxygens (including phenoxy) is 1. The molecule has 2 N–H and O–H groups in total. The predicted molar refractivity (Wildman–Crippen MR) is 71.7 cm³/mol. The van der Waals surface area contributed by atoms with E-state index in [4.69, 9.17) is 4.74 Å². The molecule has 0 bridgehead atoms. The summed E-state index contributed by atoms with van der Waals surface area (Å²) < 4.78 is 4.94. The van der Waals surface area contributed by atoms with Crippen LogP contribution in [0.15, 0.2) is 12.1 Å². The molecule has 1 aromatic rings. The third kappa shape index (κ3) is 3.54. The number of hydrogen-bond acceptors (Lipinski definition) is 3. The third-order valence-corrected chi connectivity index (χ3v) is 2.86. The summed E-state index contributed by atoms with van der Waals surface area (Å²) in [5.41, 5.74) is 1.49. The summed E-state index contributed by atoms with van der Waals surface area (Å²) in [5, 5.41) is 12.0. The van der Waals surface area contributed by atoms with Gasteiger partial charge in [0, 0.05) is 13.2 Å². The largest absolute Gasteiger partial charge is 0.478 e. The van der Waals surface area contributed by atoms with Gasteiger partial charge >= 0.3 is 5.97 Å². The van der Waals surface area contributed by atoms with Gasteiger partial charge in [-0.2, -0.15) is 0 Å². The van der Waals surface area contributed by atoms with Gasteiger partial charge < -0.3 is 15.2 Å². The molecule has 19 heavy (non-hydrogen) atoms. The maximum Gasteiger partial charge on any atom is 0.336 e.